The summed E-state index contributed by atoms with van der Waals surface area (Å²) < 4.78 is 0. The number of hydrogen-bond donors (Lipinski definition) is 2. The molecule has 1 fully saturated rings. The van der Waals surface area contributed by atoms with Gasteiger partial charge < -0.3 is 10.4 Å². The van der Waals surface area contributed by atoms with E-state index in [4.69, 9.17) is 6.42 Å². The van der Waals surface area contributed by atoms with E-state index in [0.29, 0.717) is 6.42 Å². The van der Waals surface area contributed by atoms with Crippen LogP contribution in [0.5, 0.6) is 0 Å². The predicted octanol–water partition coefficient (Wildman–Crippen LogP) is -0.105. The quantitative estimate of drug-likeness (QED) is 0.535. The Morgan fingerprint density at radius 3 is 2.67 bits per heavy atom. The van der Waals surface area contributed by atoms with Crippen LogP contribution in [0.25, 0.3) is 0 Å². The molecule has 0 aromatic heterocycles. The molecule has 0 spiro atoms. The van der Waals surface area contributed by atoms with E-state index in [1.807, 2.05) is 19.8 Å². The van der Waals surface area contributed by atoms with Crippen molar-refractivity contribution in [1.29, 1.82) is 0 Å². The molecular weight excluding hydrogens is 154 g/mol. The number of carbonyl (C=O) groups is 1. The lowest BCUT2D eigenvalue weighted by Crippen LogP contribution is -2.61. The van der Waals surface area contributed by atoms with Crippen molar-refractivity contribution in [3.8, 4) is 12.3 Å². The summed E-state index contributed by atoms with van der Waals surface area (Å²) in [5, 5.41) is 12.0. The van der Waals surface area contributed by atoms with Crippen LogP contribution < -0.4 is 5.32 Å². The van der Waals surface area contributed by atoms with Gasteiger partial charge in [-0.1, -0.05) is 13.8 Å². The third kappa shape index (κ3) is 1.30. The Labute approximate surface area is 72.2 Å². The highest BCUT2D eigenvalue weighted by atomic mass is 16.3. The summed E-state index contributed by atoms with van der Waals surface area (Å²) >= 11 is 0. The molecule has 1 amide bonds. The SMILES string of the molecule is C#CC(=O)NC1CC(O)C1(C)C. The summed E-state index contributed by atoms with van der Waals surface area (Å²) in [4.78, 5) is 10.8. The van der Waals surface area contributed by atoms with Gasteiger partial charge >= 0.3 is 0 Å². The summed E-state index contributed by atoms with van der Waals surface area (Å²) in [5.74, 6) is 1.58. The molecule has 0 heterocycles. The van der Waals surface area contributed by atoms with Gasteiger partial charge in [0.2, 0.25) is 0 Å². The molecule has 0 aromatic rings. The second kappa shape index (κ2) is 2.80. The topological polar surface area (TPSA) is 49.3 Å². The van der Waals surface area contributed by atoms with E-state index in [1.165, 1.54) is 0 Å². The number of carbonyl (C=O) groups excluding carboxylic acids is 1. The average Bonchev–Trinajstić information content (AvgIpc) is 2.03. The van der Waals surface area contributed by atoms with E-state index in [9.17, 15) is 9.90 Å². The molecule has 2 N–H and O–H groups in total. The van der Waals surface area contributed by atoms with Crippen molar-refractivity contribution >= 4 is 5.91 Å². The number of hydrogen-bond acceptors (Lipinski definition) is 2. The second-order valence-corrected chi connectivity index (χ2v) is 3.74. The summed E-state index contributed by atoms with van der Waals surface area (Å²) in [6.45, 7) is 3.81. The summed E-state index contributed by atoms with van der Waals surface area (Å²) in [6.07, 6.45) is 5.16. The van der Waals surface area contributed by atoms with Gasteiger partial charge in [-0.25, -0.2) is 0 Å². The minimum atomic E-state index is -0.403. The van der Waals surface area contributed by atoms with Crippen molar-refractivity contribution in [2.24, 2.45) is 5.41 Å². The predicted molar refractivity (Wildman–Crippen MR) is 45.2 cm³/mol. The van der Waals surface area contributed by atoms with Crippen LogP contribution in [-0.2, 0) is 4.79 Å². The van der Waals surface area contributed by atoms with Crippen molar-refractivity contribution in [3.63, 3.8) is 0 Å². The number of terminal acetylenes is 1. The molecule has 0 aromatic carbocycles. The first-order valence-corrected chi connectivity index (χ1v) is 3.93. The maximum Gasteiger partial charge on any atom is 0.295 e. The third-order valence-electron chi connectivity index (χ3n) is 2.65. The van der Waals surface area contributed by atoms with E-state index in [1.54, 1.807) is 0 Å². The maximum absolute atomic E-state index is 10.8. The molecule has 2 unspecified atom stereocenters. The van der Waals surface area contributed by atoms with Gasteiger partial charge in [0, 0.05) is 11.5 Å². The molecule has 0 aliphatic heterocycles. The normalized spacial score (nSPS) is 31.5. The number of rotatable bonds is 1. The van der Waals surface area contributed by atoms with Gasteiger partial charge in [0.15, 0.2) is 0 Å². The first kappa shape index (κ1) is 9.08. The molecule has 0 radical (unpaired) electrons. The Morgan fingerprint density at radius 1 is 1.75 bits per heavy atom. The van der Waals surface area contributed by atoms with E-state index >= 15 is 0 Å². The van der Waals surface area contributed by atoms with Crippen LogP contribution >= 0.6 is 0 Å². The Hall–Kier alpha value is -1.01. The summed E-state index contributed by atoms with van der Waals surface area (Å²) in [6, 6.07) is 0.0102. The molecule has 66 valence electrons. The zero-order valence-electron chi connectivity index (χ0n) is 7.29. The van der Waals surface area contributed by atoms with E-state index in [0.717, 1.165) is 0 Å². The van der Waals surface area contributed by atoms with Gasteiger partial charge in [-0.3, -0.25) is 4.79 Å². The average molecular weight is 167 g/mol. The molecule has 1 saturated carbocycles. The summed E-state index contributed by atoms with van der Waals surface area (Å²) in [5.41, 5.74) is -0.244. The largest absolute Gasteiger partial charge is 0.392 e. The highest BCUT2D eigenvalue weighted by molar-refractivity contribution is 5.93. The van der Waals surface area contributed by atoms with Crippen LogP contribution in [0.3, 0.4) is 0 Å². The smallest absolute Gasteiger partial charge is 0.295 e. The van der Waals surface area contributed by atoms with Crippen LogP contribution in [0, 0.1) is 17.8 Å². The second-order valence-electron chi connectivity index (χ2n) is 3.74. The Morgan fingerprint density at radius 2 is 2.33 bits per heavy atom. The molecular formula is C9H13NO2. The fraction of sp³-hybridized carbons (Fsp3) is 0.667. The van der Waals surface area contributed by atoms with Crippen LogP contribution in [0.1, 0.15) is 20.3 Å². The lowest BCUT2D eigenvalue weighted by atomic mass is 9.64. The molecule has 1 aliphatic carbocycles. The first-order chi connectivity index (χ1) is 5.48. The third-order valence-corrected chi connectivity index (χ3v) is 2.65. The molecule has 12 heavy (non-hydrogen) atoms. The zero-order valence-corrected chi connectivity index (χ0v) is 7.29. The van der Waals surface area contributed by atoms with Crippen LogP contribution in [0.2, 0.25) is 0 Å². The lowest BCUT2D eigenvalue weighted by molar-refractivity contribution is -0.123. The molecule has 1 rings (SSSR count). The minimum absolute atomic E-state index is 0.0102. The number of amides is 1. The Balaban J connectivity index is 2.49. The molecule has 2 atom stereocenters. The van der Waals surface area contributed by atoms with Gasteiger partial charge in [0.1, 0.15) is 0 Å². The van der Waals surface area contributed by atoms with E-state index < -0.39 is 5.91 Å². The van der Waals surface area contributed by atoms with Crippen LogP contribution in [0.15, 0.2) is 0 Å². The van der Waals surface area contributed by atoms with Gasteiger partial charge in [-0.2, -0.15) is 0 Å². The van der Waals surface area contributed by atoms with Crippen molar-refractivity contribution in [2.75, 3.05) is 0 Å². The van der Waals surface area contributed by atoms with Crippen molar-refractivity contribution in [1.82, 2.24) is 5.32 Å². The van der Waals surface area contributed by atoms with Crippen molar-refractivity contribution < 1.29 is 9.90 Å². The van der Waals surface area contributed by atoms with E-state index in [-0.39, 0.29) is 17.6 Å². The Bertz CT molecular complexity index is 239. The minimum Gasteiger partial charge on any atom is -0.392 e. The molecule has 1 aliphatic rings. The fourth-order valence-corrected chi connectivity index (χ4v) is 1.35. The lowest BCUT2D eigenvalue weighted by Gasteiger charge is -2.49. The number of nitrogens with one attached hydrogen (secondary N) is 1. The van der Waals surface area contributed by atoms with Crippen molar-refractivity contribution in [3.05, 3.63) is 0 Å². The van der Waals surface area contributed by atoms with Crippen molar-refractivity contribution in [2.45, 2.75) is 32.4 Å². The van der Waals surface area contributed by atoms with Gasteiger partial charge in [0.05, 0.1) is 6.10 Å². The Kier molecular flexibility index (Phi) is 2.12. The monoisotopic (exact) mass is 167 g/mol. The highest BCUT2D eigenvalue weighted by Crippen LogP contribution is 2.40. The first-order valence-electron chi connectivity index (χ1n) is 3.93. The molecule has 3 heteroatoms. The number of aliphatic hydroxyl groups is 1. The van der Waals surface area contributed by atoms with Gasteiger partial charge in [-0.05, 0) is 12.3 Å². The van der Waals surface area contributed by atoms with Gasteiger partial charge in [-0.15, -0.1) is 6.42 Å². The molecule has 3 nitrogen and oxygen atoms in total. The molecule has 0 bridgehead atoms. The fourth-order valence-electron chi connectivity index (χ4n) is 1.35. The van der Waals surface area contributed by atoms with Crippen LogP contribution in [0.4, 0.5) is 0 Å². The number of aliphatic hydroxyl groups excluding tert-OH is 1. The maximum atomic E-state index is 10.8. The van der Waals surface area contributed by atoms with Gasteiger partial charge in [0.25, 0.3) is 5.91 Å². The molecule has 0 saturated heterocycles. The van der Waals surface area contributed by atoms with Crippen LogP contribution in [-0.4, -0.2) is 23.2 Å². The highest BCUT2D eigenvalue weighted by Gasteiger charge is 2.47. The zero-order chi connectivity index (χ0) is 9.35. The van der Waals surface area contributed by atoms with E-state index in [2.05, 4.69) is 5.32 Å². The standard InChI is InChI=1S/C9H13NO2/c1-4-8(12)10-6-5-7(11)9(6,2)3/h1,6-7,11H,5H2,2-3H3,(H,10,12). The summed E-state index contributed by atoms with van der Waals surface area (Å²) in [7, 11) is 0.